The minimum atomic E-state index is -0.0952. The van der Waals surface area contributed by atoms with Crippen LogP contribution in [0.3, 0.4) is 0 Å². The fourth-order valence-electron chi connectivity index (χ4n) is 7.18. The third-order valence-corrected chi connectivity index (χ3v) is 8.28. The normalized spacial score (nSPS) is 31.1. The summed E-state index contributed by atoms with van der Waals surface area (Å²) in [6.07, 6.45) is 10.6. The number of amides is 2. The molecule has 2 heterocycles. The molecule has 7 rings (SSSR count). The Hall–Kier alpha value is -2.76. The average molecular weight is 431 g/mol. The number of nitrogens with zero attached hydrogens (tertiary/aromatic N) is 4. The Kier molecular flexibility index (Phi) is 4.77. The van der Waals surface area contributed by atoms with Gasteiger partial charge in [0, 0.05) is 44.1 Å². The van der Waals surface area contributed by atoms with Gasteiger partial charge in [-0.1, -0.05) is 30.3 Å². The van der Waals surface area contributed by atoms with Crippen molar-refractivity contribution in [2.75, 3.05) is 26.2 Å². The van der Waals surface area contributed by atoms with E-state index in [9.17, 15) is 9.59 Å². The van der Waals surface area contributed by atoms with E-state index in [1.807, 2.05) is 40.1 Å². The van der Waals surface area contributed by atoms with Gasteiger partial charge in [0.1, 0.15) is 0 Å². The molecule has 5 aliphatic rings. The molecule has 6 heteroatoms. The summed E-state index contributed by atoms with van der Waals surface area (Å²) in [5.74, 6) is 3.25. The van der Waals surface area contributed by atoms with Crippen LogP contribution in [0, 0.1) is 23.2 Å². The van der Waals surface area contributed by atoms with Crippen molar-refractivity contribution >= 4 is 11.8 Å². The Morgan fingerprint density at radius 3 is 1.88 bits per heavy atom. The van der Waals surface area contributed by atoms with Crippen LogP contribution in [0.4, 0.5) is 0 Å². The van der Waals surface area contributed by atoms with Crippen molar-refractivity contribution in [2.24, 2.45) is 23.2 Å². The number of carbonyl (C=O) groups is 2. The van der Waals surface area contributed by atoms with Crippen molar-refractivity contribution in [2.45, 2.75) is 38.5 Å². The predicted molar refractivity (Wildman–Crippen MR) is 121 cm³/mol. The van der Waals surface area contributed by atoms with Gasteiger partial charge >= 0.3 is 0 Å². The molecular weight excluding hydrogens is 400 g/mol. The Labute approximate surface area is 189 Å². The minimum absolute atomic E-state index is 0.0495. The van der Waals surface area contributed by atoms with Gasteiger partial charge in [-0.3, -0.25) is 9.59 Å². The second kappa shape index (κ2) is 7.68. The lowest BCUT2D eigenvalue weighted by Gasteiger charge is -2.57. The minimum Gasteiger partial charge on any atom is -0.339 e. The van der Waals surface area contributed by atoms with Crippen molar-refractivity contribution in [1.29, 1.82) is 0 Å². The molecule has 4 bridgehead atoms. The quantitative estimate of drug-likeness (QED) is 0.746. The molecule has 1 aliphatic heterocycles. The lowest BCUT2D eigenvalue weighted by molar-refractivity contribution is -0.159. The van der Waals surface area contributed by atoms with E-state index in [1.165, 1.54) is 19.3 Å². The Balaban J connectivity index is 1.09. The first-order chi connectivity index (χ1) is 15.6. The molecule has 0 spiro atoms. The molecule has 32 heavy (non-hydrogen) atoms. The molecule has 0 radical (unpaired) electrons. The number of aromatic nitrogens is 2. The molecule has 2 amide bonds. The number of piperazine rings is 1. The molecule has 2 aromatic rings. The maximum absolute atomic E-state index is 13.6. The van der Waals surface area contributed by atoms with Gasteiger partial charge in [-0.2, -0.15) is 0 Å². The maximum Gasteiger partial charge on any atom is 0.257 e. The summed E-state index contributed by atoms with van der Waals surface area (Å²) >= 11 is 0. The predicted octanol–water partition coefficient (Wildman–Crippen LogP) is 3.64. The fraction of sp³-hybridized carbons (Fsp3) is 0.538. The second-order valence-corrected chi connectivity index (χ2v) is 10.4. The van der Waals surface area contributed by atoms with Crippen LogP contribution in [0.5, 0.6) is 0 Å². The van der Waals surface area contributed by atoms with Crippen LogP contribution in [-0.4, -0.2) is 57.8 Å². The van der Waals surface area contributed by atoms with E-state index in [0.29, 0.717) is 43.5 Å². The SMILES string of the molecule is O=C(c1cnc(-c2ccccc2)nc1)N1CCN(C(=O)C23CC4CC(CC(C4)C2)C3)CC1. The first-order valence-electron chi connectivity index (χ1n) is 12.1. The van der Waals surface area contributed by atoms with Crippen LogP contribution in [0.15, 0.2) is 42.7 Å². The smallest absolute Gasteiger partial charge is 0.257 e. The maximum atomic E-state index is 13.6. The molecule has 166 valence electrons. The standard InChI is InChI=1S/C26H30N4O2/c31-24(22-16-27-23(28-17-22)21-4-2-1-3-5-21)29-6-8-30(9-7-29)25(32)26-13-18-10-19(14-26)12-20(11-18)15-26/h1-5,16-20H,6-15H2. The Bertz CT molecular complexity index is 977. The summed E-state index contributed by atoms with van der Waals surface area (Å²) in [6, 6.07) is 9.76. The number of hydrogen-bond acceptors (Lipinski definition) is 4. The zero-order valence-corrected chi connectivity index (χ0v) is 18.4. The highest BCUT2D eigenvalue weighted by Gasteiger charge is 2.55. The van der Waals surface area contributed by atoms with Crippen LogP contribution in [0.25, 0.3) is 11.4 Å². The molecule has 4 aliphatic carbocycles. The summed E-state index contributed by atoms with van der Waals surface area (Å²) in [7, 11) is 0. The van der Waals surface area contributed by atoms with Gasteiger partial charge in [0.2, 0.25) is 5.91 Å². The fourth-order valence-corrected chi connectivity index (χ4v) is 7.18. The summed E-state index contributed by atoms with van der Waals surface area (Å²) in [5, 5.41) is 0. The topological polar surface area (TPSA) is 66.4 Å². The largest absolute Gasteiger partial charge is 0.339 e. The molecule has 0 N–H and O–H groups in total. The lowest BCUT2D eigenvalue weighted by Crippen LogP contribution is -2.58. The van der Waals surface area contributed by atoms with E-state index in [4.69, 9.17) is 0 Å². The Morgan fingerprint density at radius 2 is 1.31 bits per heavy atom. The van der Waals surface area contributed by atoms with Crippen LogP contribution < -0.4 is 0 Å². The van der Waals surface area contributed by atoms with E-state index in [0.717, 1.165) is 42.6 Å². The summed E-state index contributed by atoms with van der Waals surface area (Å²) in [5.41, 5.74) is 1.34. The van der Waals surface area contributed by atoms with Crippen LogP contribution in [0.1, 0.15) is 48.9 Å². The highest BCUT2D eigenvalue weighted by molar-refractivity contribution is 5.94. The molecule has 6 nitrogen and oxygen atoms in total. The molecular formula is C26H30N4O2. The third-order valence-electron chi connectivity index (χ3n) is 8.28. The van der Waals surface area contributed by atoms with E-state index < -0.39 is 0 Å². The van der Waals surface area contributed by atoms with E-state index in [2.05, 4.69) is 9.97 Å². The zero-order valence-electron chi connectivity index (χ0n) is 18.4. The van der Waals surface area contributed by atoms with Crippen molar-refractivity contribution in [3.05, 3.63) is 48.3 Å². The van der Waals surface area contributed by atoms with Crippen molar-refractivity contribution in [3.8, 4) is 11.4 Å². The van der Waals surface area contributed by atoms with Crippen molar-refractivity contribution in [1.82, 2.24) is 19.8 Å². The molecule has 1 saturated heterocycles. The number of rotatable bonds is 3. The highest BCUT2D eigenvalue weighted by atomic mass is 16.2. The van der Waals surface area contributed by atoms with E-state index in [-0.39, 0.29) is 11.3 Å². The number of benzene rings is 1. The number of carbonyl (C=O) groups excluding carboxylic acids is 2. The van der Waals surface area contributed by atoms with E-state index in [1.54, 1.807) is 12.4 Å². The van der Waals surface area contributed by atoms with Gasteiger partial charge in [-0.15, -0.1) is 0 Å². The van der Waals surface area contributed by atoms with Gasteiger partial charge in [0.25, 0.3) is 5.91 Å². The second-order valence-electron chi connectivity index (χ2n) is 10.4. The van der Waals surface area contributed by atoms with E-state index >= 15 is 0 Å². The zero-order chi connectivity index (χ0) is 21.7. The van der Waals surface area contributed by atoms with Crippen LogP contribution in [0.2, 0.25) is 0 Å². The Morgan fingerprint density at radius 1 is 0.781 bits per heavy atom. The van der Waals surface area contributed by atoms with Crippen molar-refractivity contribution < 1.29 is 9.59 Å². The highest BCUT2D eigenvalue weighted by Crippen LogP contribution is 2.60. The molecule has 1 aromatic heterocycles. The van der Waals surface area contributed by atoms with Crippen molar-refractivity contribution in [3.63, 3.8) is 0 Å². The molecule has 0 unspecified atom stereocenters. The average Bonchev–Trinajstić information content (AvgIpc) is 2.83. The third kappa shape index (κ3) is 3.40. The first-order valence-corrected chi connectivity index (χ1v) is 12.1. The van der Waals surface area contributed by atoms with Gasteiger partial charge in [0.15, 0.2) is 5.82 Å². The van der Waals surface area contributed by atoms with Gasteiger partial charge < -0.3 is 9.80 Å². The monoisotopic (exact) mass is 430 g/mol. The molecule has 4 saturated carbocycles. The first kappa shape index (κ1) is 19.9. The summed E-state index contributed by atoms with van der Waals surface area (Å²) < 4.78 is 0. The number of hydrogen-bond donors (Lipinski definition) is 0. The molecule has 0 atom stereocenters. The van der Waals surface area contributed by atoms with Crippen LogP contribution >= 0.6 is 0 Å². The van der Waals surface area contributed by atoms with Crippen LogP contribution in [-0.2, 0) is 4.79 Å². The van der Waals surface area contributed by atoms with Gasteiger partial charge in [-0.05, 0) is 56.3 Å². The summed E-state index contributed by atoms with van der Waals surface area (Å²) in [4.78, 5) is 39.2. The summed E-state index contributed by atoms with van der Waals surface area (Å²) in [6.45, 7) is 2.43. The van der Waals surface area contributed by atoms with Gasteiger partial charge in [0.05, 0.1) is 11.0 Å². The van der Waals surface area contributed by atoms with Gasteiger partial charge in [-0.25, -0.2) is 9.97 Å². The molecule has 1 aromatic carbocycles. The lowest BCUT2D eigenvalue weighted by atomic mass is 9.49. The molecule has 5 fully saturated rings.